The zero-order valence-corrected chi connectivity index (χ0v) is 45.0. The number of imidazole rings is 3. The van der Waals surface area contributed by atoms with E-state index >= 15 is 0 Å². The van der Waals surface area contributed by atoms with Gasteiger partial charge in [-0.1, -0.05) is 153 Å². The van der Waals surface area contributed by atoms with Crippen molar-refractivity contribution in [2.24, 2.45) is 5.73 Å². The lowest BCUT2D eigenvalue weighted by Crippen LogP contribution is -2.33. The molecule has 3 aliphatic heterocycles. The van der Waals surface area contributed by atoms with Gasteiger partial charge in [0.1, 0.15) is 84.8 Å². The summed E-state index contributed by atoms with van der Waals surface area (Å²) in [7, 11) is 0. The molecule has 0 spiro atoms. The van der Waals surface area contributed by atoms with E-state index in [1.807, 2.05) is 196 Å². The third kappa shape index (κ3) is 14.4. The molecule has 86 heavy (non-hydrogen) atoms. The third-order valence-electron chi connectivity index (χ3n) is 13.4. The fourth-order valence-electron chi connectivity index (χ4n) is 9.38. The monoisotopic (exact) mass is 1160 g/mol. The van der Waals surface area contributed by atoms with Crippen molar-refractivity contribution < 1.29 is 47.5 Å². The van der Waals surface area contributed by atoms with E-state index in [2.05, 4.69) is 35.9 Å². The van der Waals surface area contributed by atoms with Crippen LogP contribution in [-0.4, -0.2) is 81.9 Å². The number of carbonyl (C=O) groups excluding carboxylic acids is 2. The largest absolute Gasteiger partial charge is 0.489 e. The van der Waals surface area contributed by atoms with E-state index in [9.17, 15) is 14.4 Å². The summed E-state index contributed by atoms with van der Waals surface area (Å²) in [5.41, 5.74) is 12.0. The van der Waals surface area contributed by atoms with Gasteiger partial charge in [-0.05, 0) is 53.1 Å². The number of hydrogen-bond donors (Lipinski definition) is 4. The number of fused-ring (bicyclic) bond motifs is 9. The Hall–Kier alpha value is -11.1. The maximum absolute atomic E-state index is 12.8. The minimum Gasteiger partial charge on any atom is -0.489 e. The van der Waals surface area contributed by atoms with Crippen LogP contribution in [0.15, 0.2) is 222 Å². The molecule has 8 heterocycles. The van der Waals surface area contributed by atoms with Crippen molar-refractivity contribution >= 4 is 18.0 Å². The third-order valence-corrected chi connectivity index (χ3v) is 13.4. The van der Waals surface area contributed by atoms with Crippen LogP contribution in [0, 0.1) is 0 Å². The first-order valence-electron chi connectivity index (χ1n) is 26.7. The molecular weight excluding hydrogens is 1090 g/mol. The number of nitrogens with one attached hydrogen (secondary N) is 2. The molecule has 5 N–H and O–H groups in total. The fraction of sp³-hybridized carbons (Fsp3) is 0.169. The van der Waals surface area contributed by atoms with Crippen LogP contribution >= 0.6 is 0 Å². The molecule has 11 aromatic rings. The molecule has 14 rings (SSSR count). The second kappa shape index (κ2) is 28.3. The lowest BCUT2D eigenvalue weighted by Gasteiger charge is -2.16. The number of amides is 2. The Labute approximate surface area is 495 Å². The predicted molar refractivity (Wildman–Crippen MR) is 319 cm³/mol. The van der Waals surface area contributed by atoms with Crippen LogP contribution in [0.4, 0.5) is 4.79 Å². The lowest BCUT2D eigenvalue weighted by atomic mass is 10.1. The molecule has 21 nitrogen and oxygen atoms in total. The van der Waals surface area contributed by atoms with Crippen LogP contribution in [0.5, 0.6) is 17.2 Å². The zero-order chi connectivity index (χ0) is 57.6. The van der Waals surface area contributed by atoms with E-state index in [0.29, 0.717) is 42.6 Å². The van der Waals surface area contributed by atoms with Gasteiger partial charge in [-0.2, -0.15) is 0 Å². The summed E-state index contributed by atoms with van der Waals surface area (Å²) >= 11 is 0. The molecule has 0 unspecified atom stereocenters. The van der Waals surface area contributed by atoms with E-state index in [0.717, 1.165) is 56.8 Å². The molecule has 0 saturated heterocycles. The van der Waals surface area contributed by atoms with Crippen LogP contribution in [0.25, 0.3) is 17.1 Å². The summed E-state index contributed by atoms with van der Waals surface area (Å²) in [6.07, 6.45) is 11.4. The average Bonchev–Trinajstić information content (AvgIpc) is 4.52. The highest BCUT2D eigenvalue weighted by atomic mass is 16.5. The highest BCUT2D eigenvalue weighted by molar-refractivity contribution is 5.92. The van der Waals surface area contributed by atoms with Crippen LogP contribution in [0.2, 0.25) is 0 Å². The van der Waals surface area contributed by atoms with Gasteiger partial charge in [-0.3, -0.25) is 18.5 Å². The van der Waals surface area contributed by atoms with E-state index < -0.39 is 24.1 Å². The summed E-state index contributed by atoms with van der Waals surface area (Å²) in [5, 5.41) is 21.8. The predicted octanol–water partition coefficient (Wildman–Crippen LogP) is 11.0. The van der Waals surface area contributed by atoms with Crippen molar-refractivity contribution in [3.8, 4) is 34.3 Å². The molecule has 0 saturated carbocycles. The number of alkyl carbamates (subject to hydrolysis) is 1. The standard InChI is InChI=1S/C22H18N4O3.C19H17N3O3.C11H11N3O.C11H9NO3.2CH4/c27-22(17-13-16(29-25-17)12-15-6-2-1-3-7-15)24-18-14-28-20-9-5-4-8-19(20)26-11-10-23-21(18)26;23-19(25-12-14-6-2-1-3-7-14)21-15-13-24-17-9-5-4-8-16(17)22-11-10-20-18(15)22;12-8-7-15-10-4-2-1-3-9(10)14-6-5-13-11(8)14;13-11(14)10-7-9(15-12-10)6-8-4-2-1-3-5-8;;/h1-11,13,18H,12,14H2,(H,24,27);1-11,15H,12-13H2,(H,21,23);1-6,8H,7,12H2;1-5,7H,6H2,(H,13,14);2*1H4/t18-;15-;8-;;;/m111.../s1. The van der Waals surface area contributed by atoms with Crippen molar-refractivity contribution in [1.82, 2.24) is 49.6 Å². The lowest BCUT2D eigenvalue weighted by molar-refractivity contribution is 0.0685. The minimum atomic E-state index is -1.07. The van der Waals surface area contributed by atoms with Gasteiger partial charge in [0, 0.05) is 62.2 Å². The molecule has 2 amide bonds. The number of carboxylic acids is 1. The van der Waals surface area contributed by atoms with Crippen LogP contribution in [0.1, 0.15) is 99.6 Å². The number of nitrogens with two attached hydrogens (primary N) is 1. The van der Waals surface area contributed by atoms with Gasteiger partial charge in [0.15, 0.2) is 11.4 Å². The van der Waals surface area contributed by atoms with Gasteiger partial charge in [-0.15, -0.1) is 0 Å². The van der Waals surface area contributed by atoms with Crippen LogP contribution in [0.3, 0.4) is 0 Å². The fourth-order valence-corrected chi connectivity index (χ4v) is 9.38. The number of rotatable bonds is 10. The first-order chi connectivity index (χ1) is 41.2. The van der Waals surface area contributed by atoms with Gasteiger partial charge >= 0.3 is 12.1 Å². The van der Waals surface area contributed by atoms with Crippen LogP contribution in [-0.2, 0) is 24.2 Å². The Balaban J connectivity index is 0.000000141. The van der Waals surface area contributed by atoms with Crippen molar-refractivity contribution in [1.29, 1.82) is 0 Å². The molecule has 0 radical (unpaired) electrons. The second-order valence-corrected chi connectivity index (χ2v) is 19.2. The van der Waals surface area contributed by atoms with Crippen molar-refractivity contribution in [3.63, 3.8) is 0 Å². The average molecular weight is 1160 g/mol. The van der Waals surface area contributed by atoms with Crippen molar-refractivity contribution in [2.75, 3.05) is 19.8 Å². The maximum Gasteiger partial charge on any atom is 0.408 e. The number of ether oxygens (including phenoxy) is 4. The zero-order valence-electron chi connectivity index (χ0n) is 45.0. The van der Waals surface area contributed by atoms with Crippen LogP contribution < -0.4 is 30.6 Å². The number of hydrogen-bond acceptors (Lipinski definition) is 15. The second-order valence-electron chi connectivity index (χ2n) is 19.2. The molecule has 3 atom stereocenters. The Bertz CT molecular complexity index is 3970. The number of aromatic carboxylic acids is 1. The molecule has 438 valence electrons. The number of benzene rings is 6. The smallest absolute Gasteiger partial charge is 0.408 e. The summed E-state index contributed by atoms with van der Waals surface area (Å²) in [6, 6.07) is 54.5. The molecule has 0 aliphatic carbocycles. The Morgan fingerprint density at radius 1 is 0.512 bits per heavy atom. The molecule has 3 aliphatic rings. The number of carbonyl (C=O) groups is 3. The van der Waals surface area contributed by atoms with Crippen molar-refractivity contribution in [2.45, 2.75) is 52.4 Å². The van der Waals surface area contributed by atoms with E-state index in [1.54, 1.807) is 24.7 Å². The van der Waals surface area contributed by atoms with Gasteiger partial charge in [-0.25, -0.2) is 24.5 Å². The Morgan fingerprint density at radius 3 is 1.38 bits per heavy atom. The quantitative estimate of drug-likeness (QED) is 0.0992. The summed E-state index contributed by atoms with van der Waals surface area (Å²) in [6.45, 7) is 1.24. The summed E-state index contributed by atoms with van der Waals surface area (Å²) < 4.78 is 38.7. The van der Waals surface area contributed by atoms with Gasteiger partial charge < -0.3 is 49.5 Å². The molecule has 21 heteroatoms. The number of nitrogens with zero attached hydrogens (tertiary/aromatic N) is 8. The number of carboxylic acid groups (broad SMARTS) is 1. The van der Waals surface area contributed by atoms with E-state index in [-0.39, 0.29) is 58.0 Å². The number of para-hydroxylation sites is 6. The highest BCUT2D eigenvalue weighted by Gasteiger charge is 2.29. The first kappa shape index (κ1) is 59.6. The molecule has 0 bridgehead atoms. The normalized spacial score (nSPS) is 14.5. The minimum absolute atomic E-state index is 0. The van der Waals surface area contributed by atoms with Gasteiger partial charge in [0.05, 0.1) is 23.1 Å². The van der Waals surface area contributed by atoms with Gasteiger partial charge in [0.25, 0.3) is 5.91 Å². The molecule has 0 fully saturated rings. The number of aromatic nitrogens is 8. The summed E-state index contributed by atoms with van der Waals surface area (Å²) in [4.78, 5) is 48.6. The Kier molecular flexibility index (Phi) is 19.6. The van der Waals surface area contributed by atoms with E-state index in [1.165, 1.54) is 6.07 Å². The molecule has 6 aromatic carbocycles. The molecule has 5 aromatic heterocycles. The maximum atomic E-state index is 12.8. The van der Waals surface area contributed by atoms with E-state index in [4.69, 9.17) is 38.8 Å². The Morgan fingerprint density at radius 2 is 0.907 bits per heavy atom. The van der Waals surface area contributed by atoms with Gasteiger partial charge in [0.2, 0.25) is 0 Å². The topological polar surface area (TPSA) is 264 Å². The first-order valence-corrected chi connectivity index (χ1v) is 26.7. The molecular formula is C65H63N11O10. The van der Waals surface area contributed by atoms with Crippen molar-refractivity contribution in [3.05, 3.63) is 270 Å². The summed E-state index contributed by atoms with van der Waals surface area (Å²) in [5.74, 6) is 4.40. The SMILES string of the molecule is C.C.N[C@@H]1COc2ccccc2-n2ccnc21.O=C(N[C@@H]1COc2ccccc2-n2ccnc21)OCc1ccccc1.O=C(N[C@@H]1COc2ccccc2-n2ccnc21)c1cc(Cc2ccccc2)on1.O=C(O)c1cc(Cc2ccccc2)on1. The highest BCUT2D eigenvalue weighted by Crippen LogP contribution is 2.32.